The predicted molar refractivity (Wildman–Crippen MR) is 47.9 cm³/mol. The van der Waals surface area contributed by atoms with Gasteiger partial charge in [0.1, 0.15) is 0 Å². The normalized spacial score (nSPS) is 10.0. The molecule has 0 atom stereocenters. The van der Waals surface area contributed by atoms with Crippen LogP contribution in [0.2, 0.25) is 0 Å². The summed E-state index contributed by atoms with van der Waals surface area (Å²) < 4.78 is 0. The van der Waals surface area contributed by atoms with Gasteiger partial charge in [0.15, 0.2) is 0 Å². The van der Waals surface area contributed by atoms with Crippen molar-refractivity contribution >= 4 is 11.8 Å². The van der Waals surface area contributed by atoms with Crippen LogP contribution in [-0.2, 0) is 9.59 Å². The molecule has 0 heterocycles. The third-order valence-electron chi connectivity index (χ3n) is 1.27. The van der Waals surface area contributed by atoms with Crippen LogP contribution in [0.15, 0.2) is 12.2 Å². The van der Waals surface area contributed by atoms with E-state index in [9.17, 15) is 9.59 Å². The second-order valence-corrected chi connectivity index (χ2v) is 2.32. The van der Waals surface area contributed by atoms with E-state index >= 15 is 0 Å². The summed E-state index contributed by atoms with van der Waals surface area (Å²) in [5.41, 5.74) is 0. The first-order valence-corrected chi connectivity index (χ1v) is 3.99. The molecule has 0 aliphatic rings. The first kappa shape index (κ1) is 11.6. The van der Waals surface area contributed by atoms with Gasteiger partial charge in [-0.2, -0.15) is 0 Å². The number of carbonyl (C=O) groups excluding carboxylic acids is 2. The molecule has 0 aliphatic carbocycles. The molecule has 0 bridgehead atoms. The zero-order valence-corrected chi connectivity index (χ0v) is 7.54. The lowest BCUT2D eigenvalue weighted by Crippen LogP contribution is -2.23. The van der Waals surface area contributed by atoms with Crippen LogP contribution in [-0.4, -0.2) is 37.1 Å². The highest BCUT2D eigenvalue weighted by molar-refractivity contribution is 5.96. The molecule has 0 aliphatic heterocycles. The first-order valence-electron chi connectivity index (χ1n) is 3.99. The Labute approximate surface area is 76.8 Å². The molecular weight excluding hydrogens is 172 g/mol. The van der Waals surface area contributed by atoms with Crippen molar-refractivity contribution in [3.8, 4) is 0 Å². The largest absolute Gasteiger partial charge is 0.396 e. The minimum Gasteiger partial charge on any atom is -0.396 e. The second-order valence-electron chi connectivity index (χ2n) is 2.32. The number of aliphatic hydroxyl groups excluding tert-OH is 1. The minimum absolute atomic E-state index is 0.0411. The molecule has 0 aromatic rings. The summed E-state index contributed by atoms with van der Waals surface area (Å²) >= 11 is 0. The van der Waals surface area contributed by atoms with E-state index in [0.29, 0.717) is 13.0 Å². The first-order chi connectivity index (χ1) is 6.20. The summed E-state index contributed by atoms with van der Waals surface area (Å²) in [6.07, 6.45) is 2.81. The van der Waals surface area contributed by atoms with Gasteiger partial charge in [0.2, 0.25) is 11.8 Å². The molecule has 0 unspecified atom stereocenters. The van der Waals surface area contributed by atoms with Gasteiger partial charge in [-0.3, -0.25) is 9.59 Å². The average Bonchev–Trinajstić information content (AvgIpc) is 2.14. The Hall–Kier alpha value is -1.36. The van der Waals surface area contributed by atoms with Crippen molar-refractivity contribution in [1.29, 1.82) is 0 Å². The van der Waals surface area contributed by atoms with E-state index in [0.717, 1.165) is 12.2 Å². The van der Waals surface area contributed by atoms with Crippen molar-refractivity contribution in [3.05, 3.63) is 12.2 Å². The molecule has 0 saturated heterocycles. The fourth-order valence-electron chi connectivity index (χ4n) is 0.584. The van der Waals surface area contributed by atoms with Crippen molar-refractivity contribution in [2.24, 2.45) is 0 Å². The van der Waals surface area contributed by atoms with Gasteiger partial charge in [-0.25, -0.2) is 0 Å². The number of amides is 2. The Bertz CT molecular complexity index is 202. The van der Waals surface area contributed by atoms with E-state index in [1.54, 1.807) is 0 Å². The van der Waals surface area contributed by atoms with E-state index in [-0.39, 0.29) is 18.4 Å². The third-order valence-corrected chi connectivity index (χ3v) is 1.27. The maximum Gasteiger partial charge on any atom is 0.244 e. The predicted octanol–water partition coefficient (Wildman–Crippen LogP) is -1.21. The molecule has 0 spiro atoms. The number of hydrogen-bond acceptors (Lipinski definition) is 3. The molecule has 0 fully saturated rings. The third kappa shape index (κ3) is 7.02. The number of likely N-dealkylation sites (N-methyl/N-ethyl adjacent to an activating group) is 1. The topological polar surface area (TPSA) is 78.4 Å². The van der Waals surface area contributed by atoms with Crippen LogP contribution < -0.4 is 10.6 Å². The van der Waals surface area contributed by atoms with Crippen LogP contribution in [0, 0.1) is 0 Å². The Morgan fingerprint density at radius 1 is 1.31 bits per heavy atom. The molecule has 2 amide bonds. The Balaban J connectivity index is 3.61. The molecule has 0 rings (SSSR count). The average molecular weight is 186 g/mol. The fraction of sp³-hybridized carbons (Fsp3) is 0.500. The molecule has 0 radical (unpaired) electrons. The number of hydrogen-bond donors (Lipinski definition) is 3. The molecule has 5 nitrogen and oxygen atoms in total. The number of aliphatic hydroxyl groups is 1. The quantitative estimate of drug-likeness (QED) is 0.372. The van der Waals surface area contributed by atoms with Gasteiger partial charge >= 0.3 is 0 Å². The van der Waals surface area contributed by atoms with E-state index in [1.165, 1.54) is 7.05 Å². The highest BCUT2D eigenvalue weighted by Crippen LogP contribution is 1.76. The fourth-order valence-corrected chi connectivity index (χ4v) is 0.584. The molecule has 3 N–H and O–H groups in total. The SMILES string of the molecule is CNC(=O)/C=C\C(=O)NCCCO. The molecule has 13 heavy (non-hydrogen) atoms. The van der Waals surface area contributed by atoms with Crippen molar-refractivity contribution in [2.75, 3.05) is 20.2 Å². The smallest absolute Gasteiger partial charge is 0.244 e. The molecule has 74 valence electrons. The zero-order chi connectivity index (χ0) is 10.1. The van der Waals surface area contributed by atoms with Crippen molar-refractivity contribution < 1.29 is 14.7 Å². The lowest BCUT2D eigenvalue weighted by molar-refractivity contribution is -0.118. The number of nitrogens with one attached hydrogen (secondary N) is 2. The van der Waals surface area contributed by atoms with Gasteiger partial charge in [0.05, 0.1) is 0 Å². The molecule has 0 aromatic heterocycles. The summed E-state index contributed by atoms with van der Waals surface area (Å²) in [6.45, 7) is 0.451. The molecule has 0 aromatic carbocycles. The van der Waals surface area contributed by atoms with E-state index < -0.39 is 0 Å². The van der Waals surface area contributed by atoms with Crippen LogP contribution in [0.4, 0.5) is 0 Å². The van der Waals surface area contributed by atoms with Gasteiger partial charge in [-0.1, -0.05) is 0 Å². The van der Waals surface area contributed by atoms with Crippen LogP contribution in [0.5, 0.6) is 0 Å². The van der Waals surface area contributed by atoms with Crippen LogP contribution >= 0.6 is 0 Å². The van der Waals surface area contributed by atoms with Crippen molar-refractivity contribution in [2.45, 2.75) is 6.42 Å². The zero-order valence-electron chi connectivity index (χ0n) is 7.54. The van der Waals surface area contributed by atoms with Gasteiger partial charge in [-0.05, 0) is 6.42 Å². The number of rotatable bonds is 5. The maximum atomic E-state index is 10.9. The highest BCUT2D eigenvalue weighted by atomic mass is 16.3. The van der Waals surface area contributed by atoms with E-state index in [4.69, 9.17) is 5.11 Å². The van der Waals surface area contributed by atoms with Crippen molar-refractivity contribution in [3.63, 3.8) is 0 Å². The monoisotopic (exact) mass is 186 g/mol. The van der Waals surface area contributed by atoms with E-state index in [2.05, 4.69) is 10.6 Å². The number of carbonyl (C=O) groups is 2. The van der Waals surface area contributed by atoms with Gasteiger partial charge in [-0.15, -0.1) is 0 Å². The molecular formula is C8H14N2O3. The lowest BCUT2D eigenvalue weighted by atomic mass is 10.4. The Kier molecular flexibility index (Phi) is 6.53. The minimum atomic E-state index is -0.336. The summed E-state index contributed by atoms with van der Waals surface area (Å²) in [5.74, 6) is -0.658. The summed E-state index contributed by atoms with van der Waals surface area (Å²) in [4.78, 5) is 21.5. The van der Waals surface area contributed by atoms with Gasteiger partial charge < -0.3 is 15.7 Å². The lowest BCUT2D eigenvalue weighted by Gasteiger charge is -1.98. The highest BCUT2D eigenvalue weighted by Gasteiger charge is 1.95. The standard InChI is InChI=1S/C8H14N2O3/c1-9-7(12)3-4-8(13)10-5-2-6-11/h3-4,11H,2,5-6H2,1H3,(H,9,12)(H,10,13)/b4-3-. The van der Waals surface area contributed by atoms with Crippen LogP contribution in [0.1, 0.15) is 6.42 Å². The van der Waals surface area contributed by atoms with Gasteiger partial charge in [0.25, 0.3) is 0 Å². The maximum absolute atomic E-state index is 10.9. The molecule has 5 heteroatoms. The Morgan fingerprint density at radius 2 is 1.92 bits per heavy atom. The van der Waals surface area contributed by atoms with Crippen LogP contribution in [0.3, 0.4) is 0 Å². The summed E-state index contributed by atoms with van der Waals surface area (Å²) in [5, 5.41) is 13.2. The van der Waals surface area contributed by atoms with Crippen LogP contribution in [0.25, 0.3) is 0 Å². The Morgan fingerprint density at radius 3 is 2.46 bits per heavy atom. The molecule has 0 saturated carbocycles. The second kappa shape index (κ2) is 7.30. The summed E-state index contributed by atoms with van der Waals surface area (Å²) in [6, 6.07) is 0. The van der Waals surface area contributed by atoms with E-state index in [1.807, 2.05) is 0 Å². The summed E-state index contributed by atoms with van der Waals surface area (Å²) in [7, 11) is 1.48. The van der Waals surface area contributed by atoms with Crippen molar-refractivity contribution in [1.82, 2.24) is 10.6 Å². The van der Waals surface area contributed by atoms with Gasteiger partial charge in [0, 0.05) is 32.4 Å².